The highest BCUT2D eigenvalue weighted by molar-refractivity contribution is 7.90. The van der Waals surface area contributed by atoms with Crippen LogP contribution in [-0.2, 0) is 41.9 Å². The SMILES string of the molecule is CCOCc1nc2c(N(C(=O)OC(C)(C)C)C(=O)OC(C)(C)C)nc3cccnc3c2n1CC(C)(C)OCCS(C)(=O)=O. The number of anilines is 1. The molecule has 3 rings (SSSR count). The summed E-state index contributed by atoms with van der Waals surface area (Å²) in [4.78, 5) is 41.9. The number of hydrogen-bond acceptors (Lipinski definition) is 11. The molecule has 43 heavy (non-hydrogen) atoms. The quantitative estimate of drug-likeness (QED) is 0.300. The van der Waals surface area contributed by atoms with Crippen LogP contribution >= 0.6 is 0 Å². The monoisotopic (exact) mass is 621 g/mol. The largest absolute Gasteiger partial charge is 0.443 e. The predicted molar refractivity (Wildman–Crippen MR) is 163 cm³/mol. The van der Waals surface area contributed by atoms with Gasteiger partial charge in [-0.25, -0.2) is 28.0 Å². The summed E-state index contributed by atoms with van der Waals surface area (Å²) in [5.74, 6) is 0.240. The number of imide groups is 1. The van der Waals surface area contributed by atoms with E-state index >= 15 is 0 Å². The van der Waals surface area contributed by atoms with Gasteiger partial charge in [-0.05, 0) is 74.4 Å². The summed E-state index contributed by atoms with van der Waals surface area (Å²) in [6.45, 7) is 16.3. The molecule has 0 atom stereocenters. The molecule has 0 N–H and O–H groups in total. The van der Waals surface area contributed by atoms with Crippen LogP contribution in [0.1, 0.15) is 68.1 Å². The van der Waals surface area contributed by atoms with Crippen LogP contribution < -0.4 is 4.90 Å². The number of pyridine rings is 2. The minimum Gasteiger partial charge on any atom is -0.443 e. The van der Waals surface area contributed by atoms with Crippen LogP contribution in [0.25, 0.3) is 22.1 Å². The fourth-order valence-corrected chi connectivity index (χ4v) is 4.51. The van der Waals surface area contributed by atoms with E-state index in [0.717, 1.165) is 11.2 Å². The van der Waals surface area contributed by atoms with E-state index in [0.29, 0.717) is 29.0 Å². The maximum Gasteiger partial charge on any atom is 0.425 e. The summed E-state index contributed by atoms with van der Waals surface area (Å²) in [7, 11) is -3.23. The second-order valence-electron chi connectivity index (χ2n) is 12.8. The zero-order valence-electron chi connectivity index (χ0n) is 26.7. The van der Waals surface area contributed by atoms with Gasteiger partial charge in [-0.3, -0.25) is 4.98 Å². The Labute approximate surface area is 252 Å². The second kappa shape index (κ2) is 12.7. The molecule has 238 valence electrons. The number of imidazole rings is 1. The minimum absolute atomic E-state index is 0.00384. The lowest BCUT2D eigenvalue weighted by atomic mass is 10.1. The van der Waals surface area contributed by atoms with Crippen molar-refractivity contribution in [2.24, 2.45) is 0 Å². The zero-order valence-corrected chi connectivity index (χ0v) is 27.5. The average Bonchev–Trinajstić information content (AvgIpc) is 3.17. The Hall–Kier alpha value is -3.36. The van der Waals surface area contributed by atoms with Gasteiger partial charge in [0.05, 0.1) is 30.0 Å². The molecule has 0 aromatic carbocycles. The van der Waals surface area contributed by atoms with Gasteiger partial charge in [0, 0.05) is 19.1 Å². The van der Waals surface area contributed by atoms with Crippen LogP contribution in [0.3, 0.4) is 0 Å². The van der Waals surface area contributed by atoms with E-state index in [1.807, 2.05) is 25.3 Å². The van der Waals surface area contributed by atoms with Gasteiger partial charge in [-0.2, -0.15) is 4.90 Å². The van der Waals surface area contributed by atoms with Crippen molar-refractivity contribution in [1.29, 1.82) is 0 Å². The van der Waals surface area contributed by atoms with Crippen LogP contribution in [0.2, 0.25) is 0 Å². The van der Waals surface area contributed by atoms with Gasteiger partial charge in [0.2, 0.25) is 0 Å². The average molecular weight is 622 g/mol. The fourth-order valence-electron chi connectivity index (χ4n) is 4.12. The number of ether oxygens (including phenoxy) is 4. The number of carbonyl (C=O) groups is 2. The van der Waals surface area contributed by atoms with Crippen molar-refractivity contribution in [2.75, 3.05) is 30.1 Å². The van der Waals surface area contributed by atoms with E-state index in [2.05, 4.69) is 9.97 Å². The molecule has 0 saturated heterocycles. The molecule has 0 bridgehead atoms. The third-order valence-electron chi connectivity index (χ3n) is 5.78. The van der Waals surface area contributed by atoms with Crippen LogP contribution in [0.5, 0.6) is 0 Å². The molecule has 14 heteroatoms. The lowest BCUT2D eigenvalue weighted by molar-refractivity contribution is -0.0219. The zero-order chi connectivity index (χ0) is 32.4. The standard InChI is InChI=1S/C29H43N5O8S/c1-11-39-17-20-32-22-23(33(20)18-29(8,9)40-15-16-43(10,37)38)21-19(13-12-14-30-21)31-24(22)34(25(35)41-27(2,3)4)26(36)42-28(5,6)7/h12-14H,11,15-18H2,1-10H3. The van der Waals surface area contributed by atoms with Crippen LogP contribution in [0.4, 0.5) is 15.4 Å². The number of carbonyl (C=O) groups excluding carboxylic acids is 2. The predicted octanol–water partition coefficient (Wildman–Crippen LogP) is 5.03. The summed E-state index contributed by atoms with van der Waals surface area (Å²) in [6, 6.07) is 3.40. The summed E-state index contributed by atoms with van der Waals surface area (Å²) in [5.41, 5.74) is -1.18. The molecular formula is C29H43N5O8S. The Balaban J connectivity index is 2.31. The first-order valence-corrected chi connectivity index (χ1v) is 16.1. The molecule has 3 heterocycles. The molecule has 0 spiro atoms. The first kappa shape index (κ1) is 34.1. The second-order valence-corrected chi connectivity index (χ2v) is 15.0. The Kier molecular flexibility index (Phi) is 10.1. The van der Waals surface area contributed by atoms with Crippen molar-refractivity contribution in [1.82, 2.24) is 19.5 Å². The van der Waals surface area contributed by atoms with Crippen molar-refractivity contribution in [3.05, 3.63) is 24.2 Å². The topological polar surface area (TPSA) is 152 Å². The van der Waals surface area contributed by atoms with E-state index in [1.165, 1.54) is 0 Å². The number of fused-ring (bicyclic) bond motifs is 3. The normalized spacial score (nSPS) is 13.0. The van der Waals surface area contributed by atoms with Gasteiger partial charge < -0.3 is 23.5 Å². The van der Waals surface area contributed by atoms with Gasteiger partial charge in [0.15, 0.2) is 5.82 Å². The summed E-state index contributed by atoms with van der Waals surface area (Å²) >= 11 is 0. The molecular weight excluding hydrogens is 578 g/mol. The van der Waals surface area contributed by atoms with Gasteiger partial charge in [-0.15, -0.1) is 0 Å². The van der Waals surface area contributed by atoms with Crippen molar-refractivity contribution < 1.29 is 37.0 Å². The van der Waals surface area contributed by atoms with Crippen LogP contribution in [-0.4, -0.2) is 82.1 Å². The van der Waals surface area contributed by atoms with Crippen molar-refractivity contribution in [2.45, 2.75) is 92.3 Å². The van der Waals surface area contributed by atoms with E-state index in [4.69, 9.17) is 23.9 Å². The Morgan fingerprint density at radius 1 is 0.953 bits per heavy atom. The van der Waals surface area contributed by atoms with Crippen LogP contribution in [0, 0.1) is 0 Å². The van der Waals surface area contributed by atoms with Crippen molar-refractivity contribution in [3.63, 3.8) is 0 Å². The first-order chi connectivity index (χ1) is 19.7. The molecule has 2 amide bonds. The lowest BCUT2D eigenvalue weighted by Gasteiger charge is -2.28. The molecule has 3 aromatic rings. The highest BCUT2D eigenvalue weighted by Crippen LogP contribution is 2.34. The molecule has 13 nitrogen and oxygen atoms in total. The maximum atomic E-state index is 13.6. The molecule has 0 saturated carbocycles. The third kappa shape index (κ3) is 9.31. The number of nitrogens with zero attached hydrogens (tertiary/aromatic N) is 5. The van der Waals surface area contributed by atoms with E-state index in [1.54, 1.807) is 59.9 Å². The third-order valence-corrected chi connectivity index (χ3v) is 6.69. The molecule has 3 aromatic heterocycles. The first-order valence-electron chi connectivity index (χ1n) is 14.0. The Morgan fingerprint density at radius 2 is 1.56 bits per heavy atom. The summed E-state index contributed by atoms with van der Waals surface area (Å²) in [6.07, 6.45) is 0.796. The smallest absolute Gasteiger partial charge is 0.425 e. The van der Waals surface area contributed by atoms with Crippen molar-refractivity contribution >= 4 is 49.9 Å². The number of sulfone groups is 1. The Morgan fingerprint density at radius 3 is 2.09 bits per heavy atom. The summed E-state index contributed by atoms with van der Waals surface area (Å²) < 4.78 is 48.2. The summed E-state index contributed by atoms with van der Waals surface area (Å²) in [5, 5.41) is 0. The van der Waals surface area contributed by atoms with Crippen LogP contribution in [0.15, 0.2) is 18.3 Å². The van der Waals surface area contributed by atoms with Gasteiger partial charge in [0.25, 0.3) is 0 Å². The number of rotatable bonds is 10. The highest BCUT2D eigenvalue weighted by atomic mass is 32.2. The van der Waals surface area contributed by atoms with E-state index in [9.17, 15) is 18.0 Å². The van der Waals surface area contributed by atoms with E-state index < -0.39 is 38.8 Å². The highest BCUT2D eigenvalue weighted by Gasteiger charge is 2.37. The lowest BCUT2D eigenvalue weighted by Crippen LogP contribution is -2.44. The van der Waals surface area contributed by atoms with E-state index in [-0.39, 0.29) is 36.8 Å². The van der Waals surface area contributed by atoms with Gasteiger partial charge in [0.1, 0.15) is 50.0 Å². The maximum absolute atomic E-state index is 13.6. The van der Waals surface area contributed by atoms with Gasteiger partial charge in [-0.1, -0.05) is 0 Å². The minimum atomic E-state index is -3.23. The molecule has 0 unspecified atom stereocenters. The molecule has 0 aliphatic heterocycles. The molecule has 0 aliphatic rings. The molecule has 0 aliphatic carbocycles. The fraction of sp³-hybridized carbons (Fsp3) is 0.621. The van der Waals surface area contributed by atoms with Crippen molar-refractivity contribution in [3.8, 4) is 0 Å². The van der Waals surface area contributed by atoms with Gasteiger partial charge >= 0.3 is 12.2 Å². The number of amides is 2. The number of hydrogen-bond donors (Lipinski definition) is 0. The molecule has 0 fully saturated rings. The Bertz CT molecular complexity index is 1560. The molecule has 0 radical (unpaired) electrons. The number of aromatic nitrogens is 4.